The topological polar surface area (TPSA) is 79.6 Å². The summed E-state index contributed by atoms with van der Waals surface area (Å²) in [6.07, 6.45) is 1.79. The lowest BCUT2D eigenvalue weighted by molar-refractivity contribution is 0.0697. The van der Waals surface area contributed by atoms with E-state index in [0.29, 0.717) is 5.11 Å². The zero-order valence-electron chi connectivity index (χ0n) is 22.6. The number of rotatable bonds is 7. The molecule has 7 nitrogen and oxygen atoms in total. The van der Waals surface area contributed by atoms with Crippen LogP contribution >= 0.6 is 12.2 Å². The van der Waals surface area contributed by atoms with Gasteiger partial charge in [-0.1, -0.05) is 24.3 Å². The Morgan fingerprint density at radius 2 is 1.54 bits per heavy atom. The molecule has 5 aromatic rings. The number of benzene rings is 3. The van der Waals surface area contributed by atoms with Crippen LogP contribution in [0, 0.1) is 13.8 Å². The molecule has 3 aromatic carbocycles. The fourth-order valence-corrected chi connectivity index (χ4v) is 5.83. The van der Waals surface area contributed by atoms with E-state index in [1.54, 1.807) is 18.3 Å². The molecular formula is C33H28N4O3S. The minimum Gasteiger partial charge on any atom is -0.478 e. The highest BCUT2D eigenvalue weighted by Gasteiger charge is 2.42. The predicted octanol–water partition coefficient (Wildman–Crippen LogP) is 7.16. The number of aromatic carboxylic acids is 1. The van der Waals surface area contributed by atoms with Gasteiger partial charge in [-0.05, 0) is 110 Å². The molecule has 0 saturated carbocycles. The van der Waals surface area contributed by atoms with Gasteiger partial charge in [0, 0.05) is 29.0 Å². The van der Waals surface area contributed by atoms with Crippen LogP contribution in [0.1, 0.15) is 45.1 Å². The van der Waals surface area contributed by atoms with Crippen molar-refractivity contribution in [3.8, 4) is 17.2 Å². The summed E-state index contributed by atoms with van der Waals surface area (Å²) in [5, 5.41) is 13.5. The van der Waals surface area contributed by atoms with Crippen molar-refractivity contribution in [3.05, 3.63) is 138 Å². The van der Waals surface area contributed by atoms with Crippen LogP contribution in [0.15, 0.2) is 109 Å². The molecule has 0 radical (unpaired) electrons. The number of hydrogen-bond acceptors (Lipinski definition) is 4. The van der Waals surface area contributed by atoms with E-state index < -0.39 is 5.97 Å². The standard InChI is InChI=1S/C33H28N4O3S/c1-21-20-28(22(2)36(21)24-13-11-23(12-14-24)32(38)39)31-30(29-10-6-7-19-34-29)35-33(41)37(31)25-15-17-27(18-16-25)40-26-8-4-3-5-9-26/h3-20,30-31H,1-2H3,(H,35,41)(H,38,39)/t30-,31+/m1/s1. The normalized spacial score (nSPS) is 16.4. The molecule has 0 amide bonds. The van der Waals surface area contributed by atoms with E-state index in [2.05, 4.69) is 39.7 Å². The summed E-state index contributed by atoms with van der Waals surface area (Å²) in [4.78, 5) is 18.2. The Labute approximate surface area is 243 Å². The first kappa shape index (κ1) is 26.3. The molecule has 6 rings (SSSR count). The number of nitrogens with zero attached hydrogens (tertiary/aromatic N) is 3. The maximum atomic E-state index is 11.4. The summed E-state index contributed by atoms with van der Waals surface area (Å²) in [5.41, 5.74) is 6.14. The molecule has 1 fully saturated rings. The quantitative estimate of drug-likeness (QED) is 0.205. The van der Waals surface area contributed by atoms with Gasteiger partial charge in [-0.3, -0.25) is 4.98 Å². The first-order valence-corrected chi connectivity index (χ1v) is 13.7. The molecule has 1 aliphatic heterocycles. The average molecular weight is 561 g/mol. The van der Waals surface area contributed by atoms with Gasteiger partial charge in [0.15, 0.2) is 5.11 Å². The van der Waals surface area contributed by atoms with Gasteiger partial charge in [0.2, 0.25) is 0 Å². The maximum Gasteiger partial charge on any atom is 0.335 e. The van der Waals surface area contributed by atoms with Crippen molar-refractivity contribution in [3.63, 3.8) is 0 Å². The molecule has 41 heavy (non-hydrogen) atoms. The molecule has 8 heteroatoms. The molecule has 2 aromatic heterocycles. The summed E-state index contributed by atoms with van der Waals surface area (Å²) in [6.45, 7) is 4.14. The number of nitrogens with one attached hydrogen (secondary N) is 1. The number of pyridine rings is 1. The Hall–Kier alpha value is -4.95. The van der Waals surface area contributed by atoms with Crippen LogP contribution in [0.3, 0.4) is 0 Å². The molecule has 204 valence electrons. The molecule has 1 aliphatic rings. The van der Waals surface area contributed by atoms with E-state index in [-0.39, 0.29) is 17.6 Å². The van der Waals surface area contributed by atoms with Gasteiger partial charge in [-0.15, -0.1) is 0 Å². The van der Waals surface area contributed by atoms with Gasteiger partial charge in [0.1, 0.15) is 11.5 Å². The van der Waals surface area contributed by atoms with Crippen LogP contribution in [0.4, 0.5) is 5.69 Å². The maximum absolute atomic E-state index is 11.4. The van der Waals surface area contributed by atoms with Crippen molar-refractivity contribution in [1.29, 1.82) is 0 Å². The van der Waals surface area contributed by atoms with Crippen LogP contribution in [0.25, 0.3) is 5.69 Å². The Bertz CT molecular complexity index is 1700. The molecule has 3 heterocycles. The highest BCUT2D eigenvalue weighted by Crippen LogP contribution is 2.44. The van der Waals surface area contributed by atoms with E-state index in [4.69, 9.17) is 17.0 Å². The number of aryl methyl sites for hydroxylation is 1. The van der Waals surface area contributed by atoms with Gasteiger partial charge in [0.05, 0.1) is 23.3 Å². The molecule has 0 bridgehead atoms. The third-order valence-electron chi connectivity index (χ3n) is 7.35. The van der Waals surface area contributed by atoms with E-state index in [0.717, 1.165) is 45.5 Å². The fourth-order valence-electron chi connectivity index (χ4n) is 5.49. The minimum atomic E-state index is -0.947. The number of carboxylic acid groups (broad SMARTS) is 1. The second kappa shape index (κ2) is 10.9. The van der Waals surface area contributed by atoms with Crippen LogP contribution in [0.2, 0.25) is 0 Å². The van der Waals surface area contributed by atoms with Gasteiger partial charge in [-0.25, -0.2) is 4.79 Å². The zero-order chi connectivity index (χ0) is 28.5. The first-order chi connectivity index (χ1) is 19.9. The van der Waals surface area contributed by atoms with E-state index >= 15 is 0 Å². The second-order valence-corrected chi connectivity index (χ2v) is 10.3. The summed E-state index contributed by atoms with van der Waals surface area (Å²) < 4.78 is 8.16. The number of para-hydroxylation sites is 1. The van der Waals surface area contributed by atoms with Gasteiger partial charge in [0.25, 0.3) is 0 Å². The summed E-state index contributed by atoms with van der Waals surface area (Å²) in [7, 11) is 0. The van der Waals surface area contributed by atoms with Gasteiger partial charge >= 0.3 is 5.97 Å². The molecule has 0 aliphatic carbocycles. The molecule has 2 N–H and O–H groups in total. The van der Waals surface area contributed by atoms with Crippen molar-refractivity contribution in [2.24, 2.45) is 0 Å². The molecule has 0 spiro atoms. The van der Waals surface area contributed by atoms with Crippen molar-refractivity contribution >= 4 is 29.0 Å². The number of ether oxygens (including phenoxy) is 1. The van der Waals surface area contributed by atoms with Crippen LogP contribution in [-0.2, 0) is 0 Å². The smallest absolute Gasteiger partial charge is 0.335 e. The lowest BCUT2D eigenvalue weighted by Gasteiger charge is -2.28. The van der Waals surface area contributed by atoms with Crippen molar-refractivity contribution in [2.45, 2.75) is 25.9 Å². The first-order valence-electron chi connectivity index (χ1n) is 13.3. The monoisotopic (exact) mass is 560 g/mol. The Morgan fingerprint density at radius 1 is 0.878 bits per heavy atom. The third kappa shape index (κ3) is 5.05. The van der Waals surface area contributed by atoms with Crippen molar-refractivity contribution in [1.82, 2.24) is 14.9 Å². The lowest BCUT2D eigenvalue weighted by Crippen LogP contribution is -2.29. The van der Waals surface area contributed by atoms with E-state index in [1.165, 1.54) is 0 Å². The summed E-state index contributed by atoms with van der Waals surface area (Å²) in [5.74, 6) is 0.562. The van der Waals surface area contributed by atoms with E-state index in [1.807, 2.05) is 84.9 Å². The fraction of sp³-hybridized carbons (Fsp3) is 0.121. The molecule has 2 atom stereocenters. The SMILES string of the molecule is Cc1cc([C@H]2[C@@H](c3ccccn3)NC(=S)N2c2ccc(Oc3ccccc3)cc2)c(C)n1-c1ccc(C(=O)O)cc1. The Kier molecular flexibility index (Phi) is 6.99. The van der Waals surface area contributed by atoms with Crippen LogP contribution < -0.4 is 15.0 Å². The van der Waals surface area contributed by atoms with Crippen LogP contribution in [0.5, 0.6) is 11.5 Å². The number of carbonyl (C=O) groups is 1. The largest absolute Gasteiger partial charge is 0.478 e. The van der Waals surface area contributed by atoms with E-state index in [9.17, 15) is 9.90 Å². The molecule has 1 saturated heterocycles. The minimum absolute atomic E-state index is 0.184. The van der Waals surface area contributed by atoms with Gasteiger partial charge < -0.3 is 24.6 Å². The average Bonchev–Trinajstić information content (AvgIpc) is 3.49. The number of thiocarbonyl (C=S) groups is 1. The summed E-state index contributed by atoms with van der Waals surface area (Å²) in [6, 6.07) is 32.3. The highest BCUT2D eigenvalue weighted by molar-refractivity contribution is 7.80. The van der Waals surface area contributed by atoms with Crippen molar-refractivity contribution < 1.29 is 14.6 Å². The Morgan fingerprint density at radius 3 is 2.20 bits per heavy atom. The highest BCUT2D eigenvalue weighted by atomic mass is 32.1. The predicted molar refractivity (Wildman–Crippen MR) is 163 cm³/mol. The molecule has 0 unspecified atom stereocenters. The lowest BCUT2D eigenvalue weighted by atomic mass is 9.96. The van der Waals surface area contributed by atoms with Crippen molar-refractivity contribution in [2.75, 3.05) is 4.90 Å². The number of aromatic nitrogens is 2. The number of hydrogen-bond donors (Lipinski definition) is 2. The van der Waals surface area contributed by atoms with Gasteiger partial charge in [-0.2, -0.15) is 0 Å². The number of anilines is 1. The molecular weight excluding hydrogens is 532 g/mol. The summed E-state index contributed by atoms with van der Waals surface area (Å²) >= 11 is 5.92. The number of carboxylic acids is 1. The van der Waals surface area contributed by atoms with Crippen LogP contribution in [-0.4, -0.2) is 25.7 Å². The zero-order valence-corrected chi connectivity index (χ0v) is 23.4. The second-order valence-electron chi connectivity index (χ2n) is 9.92. The Balaban J connectivity index is 1.41. The third-order valence-corrected chi connectivity index (χ3v) is 7.67.